The van der Waals surface area contributed by atoms with Crippen LogP contribution < -0.4 is 10.1 Å². The van der Waals surface area contributed by atoms with Crippen molar-refractivity contribution in [1.29, 1.82) is 5.26 Å². The molecule has 1 N–H and O–H groups in total. The highest BCUT2D eigenvalue weighted by Crippen LogP contribution is 2.34. The van der Waals surface area contributed by atoms with Crippen LogP contribution in [0.4, 0.5) is 18.9 Å². The fourth-order valence-electron chi connectivity index (χ4n) is 2.50. The van der Waals surface area contributed by atoms with E-state index in [0.717, 1.165) is 12.1 Å². The van der Waals surface area contributed by atoms with Gasteiger partial charge in [0.25, 0.3) is 5.91 Å². The number of nitrogens with zero attached hydrogens (tertiary/aromatic N) is 1. The quantitative estimate of drug-likeness (QED) is 0.335. The number of amides is 1. The van der Waals surface area contributed by atoms with Gasteiger partial charge in [-0.15, -0.1) is 13.2 Å². The van der Waals surface area contributed by atoms with E-state index in [1.165, 1.54) is 18.2 Å². The Balaban J connectivity index is 1.75. The molecule has 1 amide bonds. The van der Waals surface area contributed by atoms with Crippen LogP contribution in [0.5, 0.6) is 5.75 Å². The van der Waals surface area contributed by atoms with Crippen molar-refractivity contribution < 1.29 is 27.1 Å². The largest absolute Gasteiger partial charge is 0.573 e. The number of furan rings is 1. The van der Waals surface area contributed by atoms with Crippen molar-refractivity contribution in [2.75, 3.05) is 5.32 Å². The number of nitriles is 1. The zero-order valence-electron chi connectivity index (χ0n) is 15.3. The molecule has 0 bridgehead atoms. The van der Waals surface area contributed by atoms with Crippen molar-refractivity contribution in [2.45, 2.75) is 6.36 Å². The summed E-state index contributed by atoms with van der Waals surface area (Å²) in [6.07, 6.45) is -3.60. The number of benzene rings is 2. The molecule has 0 fully saturated rings. The standard InChI is InChI=1S/C21H11Cl2F3N2O3/c22-17-3-1-2-16(19(17)23)18-9-8-15(30-18)10-12(11-27)20(29)28-13-4-6-14(7-5-13)31-21(24,25)26/h1-10H,(H,28,29)/b12-10+. The van der Waals surface area contributed by atoms with Gasteiger partial charge in [-0.25, -0.2) is 0 Å². The second kappa shape index (κ2) is 9.16. The highest BCUT2D eigenvalue weighted by atomic mass is 35.5. The maximum Gasteiger partial charge on any atom is 0.573 e. The zero-order chi connectivity index (χ0) is 22.6. The van der Waals surface area contributed by atoms with Gasteiger partial charge in [0, 0.05) is 17.3 Å². The van der Waals surface area contributed by atoms with Gasteiger partial charge in [-0.1, -0.05) is 29.3 Å². The highest BCUT2D eigenvalue weighted by Gasteiger charge is 2.31. The van der Waals surface area contributed by atoms with Crippen LogP contribution in [0.3, 0.4) is 0 Å². The van der Waals surface area contributed by atoms with Crippen molar-refractivity contribution in [3.63, 3.8) is 0 Å². The monoisotopic (exact) mass is 466 g/mol. The fraction of sp³-hybridized carbons (Fsp3) is 0.0476. The molecule has 3 rings (SSSR count). The number of hydrogen-bond acceptors (Lipinski definition) is 4. The van der Waals surface area contributed by atoms with E-state index in [2.05, 4.69) is 10.1 Å². The molecule has 0 spiro atoms. The number of nitrogens with one attached hydrogen (secondary N) is 1. The minimum Gasteiger partial charge on any atom is -0.457 e. The average Bonchev–Trinajstić information content (AvgIpc) is 3.17. The molecule has 3 aromatic rings. The van der Waals surface area contributed by atoms with Gasteiger partial charge in [0.05, 0.1) is 10.0 Å². The summed E-state index contributed by atoms with van der Waals surface area (Å²) < 4.78 is 46.0. The van der Waals surface area contributed by atoms with Crippen molar-refractivity contribution in [1.82, 2.24) is 0 Å². The molecule has 0 unspecified atom stereocenters. The first kappa shape index (κ1) is 22.3. The number of carbonyl (C=O) groups is 1. The zero-order valence-corrected chi connectivity index (χ0v) is 16.8. The van der Waals surface area contributed by atoms with Crippen LogP contribution in [0.2, 0.25) is 10.0 Å². The molecule has 31 heavy (non-hydrogen) atoms. The minimum absolute atomic E-state index is 0.173. The van der Waals surface area contributed by atoms with Crippen LogP contribution in [-0.4, -0.2) is 12.3 Å². The molecule has 0 atom stereocenters. The number of ether oxygens (including phenoxy) is 1. The van der Waals surface area contributed by atoms with Gasteiger partial charge in [-0.3, -0.25) is 4.79 Å². The fourth-order valence-corrected chi connectivity index (χ4v) is 2.89. The number of alkyl halides is 3. The Morgan fingerprint density at radius 1 is 1.10 bits per heavy atom. The summed E-state index contributed by atoms with van der Waals surface area (Å²) in [5.74, 6) is -0.613. The molecule has 0 aliphatic carbocycles. The lowest BCUT2D eigenvalue weighted by Gasteiger charge is -2.09. The first-order valence-corrected chi connectivity index (χ1v) is 9.25. The lowest BCUT2D eigenvalue weighted by Crippen LogP contribution is -2.17. The van der Waals surface area contributed by atoms with E-state index in [-0.39, 0.29) is 17.0 Å². The van der Waals surface area contributed by atoms with Gasteiger partial charge in [0.1, 0.15) is 28.9 Å². The predicted octanol–water partition coefficient (Wildman–Crippen LogP) is 6.70. The molecule has 2 aromatic carbocycles. The van der Waals surface area contributed by atoms with Gasteiger partial charge in [0.15, 0.2) is 0 Å². The Labute approximate surface area is 184 Å². The Morgan fingerprint density at radius 2 is 1.81 bits per heavy atom. The van der Waals surface area contributed by atoms with E-state index < -0.39 is 18.0 Å². The summed E-state index contributed by atoms with van der Waals surface area (Å²) in [7, 11) is 0. The highest BCUT2D eigenvalue weighted by molar-refractivity contribution is 6.43. The van der Waals surface area contributed by atoms with Crippen LogP contribution in [0, 0.1) is 11.3 Å². The second-order valence-electron chi connectivity index (χ2n) is 6.00. The average molecular weight is 467 g/mol. The maximum absolute atomic E-state index is 12.3. The summed E-state index contributed by atoms with van der Waals surface area (Å²) in [5.41, 5.74) is 0.429. The van der Waals surface area contributed by atoms with E-state index in [0.29, 0.717) is 21.4 Å². The summed E-state index contributed by atoms with van der Waals surface area (Å²) in [5, 5.41) is 12.4. The molecule has 0 aliphatic heterocycles. The van der Waals surface area contributed by atoms with E-state index in [9.17, 15) is 23.2 Å². The maximum atomic E-state index is 12.3. The van der Waals surface area contributed by atoms with Crippen molar-refractivity contribution in [3.05, 3.63) is 76.0 Å². The first-order chi connectivity index (χ1) is 14.7. The molecular formula is C21H11Cl2F3N2O3. The van der Waals surface area contributed by atoms with Gasteiger partial charge in [-0.05, 0) is 48.5 Å². The summed E-state index contributed by atoms with van der Waals surface area (Å²) in [4.78, 5) is 12.3. The number of halogens is 5. The Bertz CT molecular complexity index is 1180. The lowest BCUT2D eigenvalue weighted by atomic mass is 10.2. The normalized spacial score (nSPS) is 11.7. The third kappa shape index (κ3) is 5.81. The van der Waals surface area contributed by atoms with E-state index >= 15 is 0 Å². The number of anilines is 1. The van der Waals surface area contributed by atoms with Crippen LogP contribution in [0.1, 0.15) is 5.76 Å². The Kier molecular flexibility index (Phi) is 6.59. The molecule has 0 saturated carbocycles. The minimum atomic E-state index is -4.82. The smallest absolute Gasteiger partial charge is 0.457 e. The van der Waals surface area contributed by atoms with Gasteiger partial charge in [0.2, 0.25) is 0 Å². The van der Waals surface area contributed by atoms with E-state index in [1.807, 2.05) is 0 Å². The topological polar surface area (TPSA) is 75.3 Å². The van der Waals surface area contributed by atoms with Crippen LogP contribution >= 0.6 is 23.2 Å². The number of rotatable bonds is 5. The SMILES string of the molecule is N#C/C(=C\c1ccc(-c2cccc(Cl)c2Cl)o1)C(=O)Nc1ccc(OC(F)(F)F)cc1. The predicted molar refractivity (Wildman–Crippen MR) is 110 cm³/mol. The van der Waals surface area contributed by atoms with Crippen LogP contribution in [0.15, 0.2) is 64.6 Å². The third-order valence-electron chi connectivity index (χ3n) is 3.84. The van der Waals surface area contributed by atoms with Crippen LogP contribution in [0.25, 0.3) is 17.4 Å². The molecule has 158 valence electrons. The Morgan fingerprint density at radius 3 is 2.45 bits per heavy atom. The summed E-state index contributed by atoms with van der Waals surface area (Å²) in [6, 6.07) is 14.4. The molecule has 10 heteroatoms. The first-order valence-electron chi connectivity index (χ1n) is 8.49. The molecule has 1 aromatic heterocycles. The molecule has 0 saturated heterocycles. The van der Waals surface area contributed by atoms with Crippen LogP contribution in [-0.2, 0) is 4.79 Å². The lowest BCUT2D eigenvalue weighted by molar-refractivity contribution is -0.274. The molecule has 0 aliphatic rings. The van der Waals surface area contributed by atoms with Gasteiger partial charge in [-0.2, -0.15) is 5.26 Å². The van der Waals surface area contributed by atoms with Crippen molar-refractivity contribution in [3.8, 4) is 23.1 Å². The molecule has 1 heterocycles. The molecular weight excluding hydrogens is 456 g/mol. The van der Waals surface area contributed by atoms with E-state index in [1.54, 1.807) is 36.4 Å². The summed E-state index contributed by atoms with van der Waals surface area (Å²) >= 11 is 12.2. The van der Waals surface area contributed by atoms with E-state index in [4.69, 9.17) is 27.6 Å². The van der Waals surface area contributed by atoms with Crippen molar-refractivity contribution in [2.24, 2.45) is 0 Å². The summed E-state index contributed by atoms with van der Waals surface area (Å²) in [6.45, 7) is 0. The number of carbonyl (C=O) groups excluding carboxylic acids is 1. The number of hydrogen-bond donors (Lipinski definition) is 1. The second-order valence-corrected chi connectivity index (χ2v) is 6.78. The molecule has 0 radical (unpaired) electrons. The Hall–Kier alpha value is -3.41. The third-order valence-corrected chi connectivity index (χ3v) is 4.66. The van der Waals surface area contributed by atoms with Crippen molar-refractivity contribution >= 4 is 40.9 Å². The van der Waals surface area contributed by atoms with Gasteiger partial charge < -0.3 is 14.5 Å². The van der Waals surface area contributed by atoms with Gasteiger partial charge >= 0.3 is 6.36 Å². The molecule has 5 nitrogen and oxygen atoms in total.